The van der Waals surface area contributed by atoms with Crippen LogP contribution in [0.15, 0.2) is 24.3 Å². The van der Waals surface area contributed by atoms with Crippen molar-refractivity contribution in [3.8, 4) is 0 Å². The van der Waals surface area contributed by atoms with Crippen LogP contribution in [0.1, 0.15) is 10.5 Å². The van der Waals surface area contributed by atoms with E-state index >= 15 is 0 Å². The lowest BCUT2D eigenvalue weighted by atomic mass is 10.2. The van der Waals surface area contributed by atoms with Crippen LogP contribution in [0.2, 0.25) is 0 Å². The van der Waals surface area contributed by atoms with E-state index in [-0.39, 0.29) is 24.3 Å². The topological polar surface area (TPSA) is 112 Å². The summed E-state index contributed by atoms with van der Waals surface area (Å²) in [5.41, 5.74) is 12.7. The van der Waals surface area contributed by atoms with Crippen molar-refractivity contribution in [3.05, 3.63) is 30.0 Å². The first-order valence-corrected chi connectivity index (χ1v) is 5.00. The molecule has 0 aliphatic carbocycles. The number of aromatic amines is 1. The Morgan fingerprint density at radius 3 is 2.67 bits per heavy atom. The number of para-hydroxylation sites is 1. The molecular weight excluding hydrogens is 254 g/mol. The zero-order chi connectivity index (χ0) is 12.6. The molecule has 0 bridgehead atoms. The molecule has 2 aromatic rings. The Bertz CT molecular complexity index is 606. The van der Waals surface area contributed by atoms with Crippen molar-refractivity contribution in [2.75, 3.05) is 12.8 Å². The summed E-state index contributed by atoms with van der Waals surface area (Å²) in [6.07, 6.45) is 0. The number of H-pyrrole nitrogens is 1. The van der Waals surface area contributed by atoms with E-state index in [2.05, 4.69) is 4.98 Å². The molecule has 0 aliphatic rings. The normalized spacial score (nSPS) is 9.83. The molecule has 6 N–H and O–H groups in total. The molecule has 0 fully saturated rings. The summed E-state index contributed by atoms with van der Waals surface area (Å²) in [5.74, 6) is -0.672. The molecule has 0 saturated carbocycles. The van der Waals surface area contributed by atoms with E-state index < -0.39 is 0 Å². The summed E-state index contributed by atoms with van der Waals surface area (Å²) in [6, 6.07) is 7.11. The maximum absolute atomic E-state index is 11.9. The van der Waals surface area contributed by atoms with Gasteiger partial charge in [-0.3, -0.25) is 15.1 Å². The van der Waals surface area contributed by atoms with Gasteiger partial charge in [-0.15, -0.1) is 12.4 Å². The van der Waals surface area contributed by atoms with Crippen LogP contribution in [0.5, 0.6) is 0 Å². The Morgan fingerprint density at radius 1 is 1.44 bits per heavy atom. The second kappa shape index (κ2) is 4.97. The average molecular weight is 268 g/mol. The quantitative estimate of drug-likeness (QED) is 0.353. The highest BCUT2D eigenvalue weighted by Gasteiger charge is 2.16. The number of nitrogen functional groups attached to an aromatic ring is 1. The van der Waals surface area contributed by atoms with Gasteiger partial charge in [-0.2, -0.15) is 0 Å². The molecule has 96 valence electrons. The van der Waals surface area contributed by atoms with Gasteiger partial charge in [-0.05, 0) is 12.1 Å². The fraction of sp³-hybridized carbons (Fsp3) is 0.0909. The SMILES string of the molecule is CN(C(=N)N)C(=O)c1cc2cccc(N)c2[nH]1.Cl. The van der Waals surface area contributed by atoms with Crippen LogP contribution in [0, 0.1) is 5.41 Å². The first-order valence-electron chi connectivity index (χ1n) is 5.00. The highest BCUT2D eigenvalue weighted by atomic mass is 35.5. The maximum Gasteiger partial charge on any atom is 0.276 e. The number of nitrogens with zero attached hydrogens (tertiary/aromatic N) is 1. The van der Waals surface area contributed by atoms with Crippen LogP contribution >= 0.6 is 12.4 Å². The maximum atomic E-state index is 11.9. The van der Waals surface area contributed by atoms with Crippen LogP contribution in [-0.2, 0) is 0 Å². The predicted molar refractivity (Wildman–Crippen MR) is 74.0 cm³/mol. The van der Waals surface area contributed by atoms with E-state index in [1.54, 1.807) is 12.1 Å². The monoisotopic (exact) mass is 267 g/mol. The third-order valence-electron chi connectivity index (χ3n) is 2.58. The van der Waals surface area contributed by atoms with E-state index in [0.717, 1.165) is 10.3 Å². The van der Waals surface area contributed by atoms with E-state index in [1.807, 2.05) is 12.1 Å². The van der Waals surface area contributed by atoms with Crippen LogP contribution in [0.3, 0.4) is 0 Å². The van der Waals surface area contributed by atoms with Gasteiger partial charge in [-0.1, -0.05) is 12.1 Å². The number of benzene rings is 1. The van der Waals surface area contributed by atoms with Gasteiger partial charge in [0, 0.05) is 12.4 Å². The van der Waals surface area contributed by atoms with Crippen molar-refractivity contribution in [3.63, 3.8) is 0 Å². The number of rotatable bonds is 1. The number of hydrogen-bond donors (Lipinski definition) is 4. The minimum atomic E-state index is -0.367. The second-order valence-electron chi connectivity index (χ2n) is 3.74. The second-order valence-corrected chi connectivity index (χ2v) is 3.74. The number of hydrogen-bond acceptors (Lipinski definition) is 3. The summed E-state index contributed by atoms with van der Waals surface area (Å²) in [5, 5.41) is 8.05. The smallest absolute Gasteiger partial charge is 0.276 e. The van der Waals surface area contributed by atoms with Gasteiger partial charge in [-0.25, -0.2) is 0 Å². The van der Waals surface area contributed by atoms with Crippen molar-refractivity contribution >= 4 is 40.9 Å². The molecule has 1 heterocycles. The Balaban J connectivity index is 0.00000162. The van der Waals surface area contributed by atoms with Gasteiger partial charge in [0.05, 0.1) is 11.2 Å². The Morgan fingerprint density at radius 2 is 2.11 bits per heavy atom. The molecule has 1 aromatic carbocycles. The Labute approximate surface area is 110 Å². The zero-order valence-electron chi connectivity index (χ0n) is 9.73. The minimum Gasteiger partial charge on any atom is -0.397 e. The standard InChI is InChI=1S/C11H13N5O.ClH/c1-16(11(13)14)10(17)8-5-6-3-2-4-7(12)9(6)15-8;/h2-5,15H,12H2,1H3,(H3,13,14);1H. The van der Waals surface area contributed by atoms with E-state index in [1.165, 1.54) is 7.05 Å². The van der Waals surface area contributed by atoms with Gasteiger partial charge < -0.3 is 16.5 Å². The molecule has 0 unspecified atom stereocenters. The lowest BCUT2D eigenvalue weighted by molar-refractivity contribution is 0.0864. The zero-order valence-corrected chi connectivity index (χ0v) is 10.5. The number of carbonyl (C=O) groups excluding carboxylic acids is 1. The molecule has 6 nitrogen and oxygen atoms in total. The van der Waals surface area contributed by atoms with Gasteiger partial charge in [0.15, 0.2) is 5.96 Å². The number of guanidine groups is 1. The lowest BCUT2D eigenvalue weighted by Crippen LogP contribution is -2.38. The summed E-state index contributed by atoms with van der Waals surface area (Å²) in [4.78, 5) is 15.9. The molecule has 1 aromatic heterocycles. The number of amides is 1. The molecule has 1 amide bonds. The minimum absolute atomic E-state index is 0. The number of aromatic nitrogens is 1. The van der Waals surface area contributed by atoms with Crippen molar-refractivity contribution in [2.45, 2.75) is 0 Å². The van der Waals surface area contributed by atoms with Gasteiger partial charge in [0.25, 0.3) is 5.91 Å². The average Bonchev–Trinajstić information content (AvgIpc) is 2.72. The molecule has 0 radical (unpaired) electrons. The van der Waals surface area contributed by atoms with Crippen molar-refractivity contribution in [1.29, 1.82) is 5.41 Å². The highest BCUT2D eigenvalue weighted by Crippen LogP contribution is 2.21. The van der Waals surface area contributed by atoms with Crippen LogP contribution in [-0.4, -0.2) is 28.8 Å². The third kappa shape index (κ3) is 2.23. The molecule has 0 spiro atoms. The summed E-state index contributed by atoms with van der Waals surface area (Å²) in [7, 11) is 1.44. The summed E-state index contributed by atoms with van der Waals surface area (Å²) in [6.45, 7) is 0. The number of anilines is 1. The number of halogens is 1. The van der Waals surface area contributed by atoms with Gasteiger partial charge in [0.2, 0.25) is 0 Å². The molecule has 0 saturated heterocycles. The largest absolute Gasteiger partial charge is 0.397 e. The van der Waals surface area contributed by atoms with Crippen LogP contribution in [0.4, 0.5) is 5.69 Å². The highest BCUT2D eigenvalue weighted by molar-refractivity contribution is 6.06. The first kappa shape index (κ1) is 13.9. The lowest BCUT2D eigenvalue weighted by Gasteiger charge is -2.12. The van der Waals surface area contributed by atoms with Crippen molar-refractivity contribution in [1.82, 2.24) is 9.88 Å². The summed E-state index contributed by atoms with van der Waals surface area (Å²) >= 11 is 0. The fourth-order valence-electron chi connectivity index (χ4n) is 1.58. The van der Waals surface area contributed by atoms with E-state index in [4.69, 9.17) is 16.9 Å². The third-order valence-corrected chi connectivity index (χ3v) is 2.58. The molecule has 7 heteroatoms. The Hall–Kier alpha value is -2.21. The molecule has 0 atom stereocenters. The Kier molecular flexibility index (Phi) is 3.82. The number of carbonyl (C=O) groups is 1. The fourth-order valence-corrected chi connectivity index (χ4v) is 1.58. The number of nitrogens with one attached hydrogen (secondary N) is 2. The predicted octanol–water partition coefficient (Wildman–Crippen LogP) is 1.14. The number of fused-ring (bicyclic) bond motifs is 1. The van der Waals surface area contributed by atoms with Crippen LogP contribution in [0.25, 0.3) is 10.9 Å². The van der Waals surface area contributed by atoms with E-state index in [0.29, 0.717) is 16.9 Å². The van der Waals surface area contributed by atoms with E-state index in [9.17, 15) is 4.79 Å². The first-order chi connectivity index (χ1) is 8.00. The number of nitrogens with two attached hydrogens (primary N) is 2. The molecular formula is C11H14ClN5O. The molecule has 18 heavy (non-hydrogen) atoms. The molecule has 0 aliphatic heterocycles. The van der Waals surface area contributed by atoms with Gasteiger partial charge in [0.1, 0.15) is 5.69 Å². The van der Waals surface area contributed by atoms with Crippen molar-refractivity contribution in [2.24, 2.45) is 5.73 Å². The summed E-state index contributed by atoms with van der Waals surface area (Å²) < 4.78 is 0. The molecule has 2 rings (SSSR count). The van der Waals surface area contributed by atoms with Crippen molar-refractivity contribution < 1.29 is 4.79 Å². The van der Waals surface area contributed by atoms with Gasteiger partial charge >= 0.3 is 0 Å². The van der Waals surface area contributed by atoms with Crippen LogP contribution < -0.4 is 11.5 Å².